The Kier molecular flexibility index (Phi) is 1.84. The first-order chi connectivity index (χ1) is 8.40. The van der Waals surface area contributed by atoms with Crippen molar-refractivity contribution >= 4 is 11.9 Å². The first-order valence-corrected chi connectivity index (χ1v) is 5.99. The van der Waals surface area contributed by atoms with E-state index in [1.807, 2.05) is 32.1 Å². The van der Waals surface area contributed by atoms with Crippen LogP contribution in [0, 0.1) is 22.2 Å². The molecule has 3 rings (SSSR count). The van der Waals surface area contributed by atoms with Gasteiger partial charge in [-0.1, -0.05) is 32.1 Å². The van der Waals surface area contributed by atoms with Gasteiger partial charge in [-0.05, 0) is 0 Å². The number of carbonyl (C=O) groups is 2. The van der Waals surface area contributed by atoms with Gasteiger partial charge in [-0.15, -0.1) is 0 Å². The Morgan fingerprint density at radius 3 is 2.33 bits per heavy atom. The first-order valence-electron chi connectivity index (χ1n) is 5.99. The standard InChI is InChI=1S/C14H16O4/c1-12-5-6-14(11(16)18-4)9(13(12,14)2)7-8(12)10(15)17-3/h5-7,9H,1-4H3. The quantitative estimate of drug-likeness (QED) is 0.548. The van der Waals surface area contributed by atoms with Crippen molar-refractivity contribution < 1.29 is 19.1 Å². The zero-order valence-electron chi connectivity index (χ0n) is 10.9. The van der Waals surface area contributed by atoms with Gasteiger partial charge in [0.2, 0.25) is 0 Å². The zero-order chi connectivity index (χ0) is 13.3. The average Bonchev–Trinajstić information content (AvgIpc) is 2.77. The number of hydrogen-bond acceptors (Lipinski definition) is 4. The fourth-order valence-electron chi connectivity index (χ4n) is 4.16. The molecule has 3 aliphatic rings. The van der Waals surface area contributed by atoms with Crippen LogP contribution in [0.4, 0.5) is 0 Å². The molecule has 0 heterocycles. The molecule has 4 heteroatoms. The summed E-state index contributed by atoms with van der Waals surface area (Å²) in [5.74, 6) is -0.479. The molecule has 4 unspecified atom stereocenters. The van der Waals surface area contributed by atoms with Gasteiger partial charge < -0.3 is 9.47 Å². The van der Waals surface area contributed by atoms with E-state index in [1.54, 1.807) is 0 Å². The predicted octanol–water partition coefficient (Wildman–Crippen LogP) is 1.47. The molecule has 96 valence electrons. The molecule has 3 aliphatic carbocycles. The second-order valence-corrected chi connectivity index (χ2v) is 5.65. The lowest BCUT2D eigenvalue weighted by atomic mass is 9.72. The monoisotopic (exact) mass is 248 g/mol. The number of ether oxygens (including phenoxy) is 2. The van der Waals surface area contributed by atoms with Crippen LogP contribution >= 0.6 is 0 Å². The van der Waals surface area contributed by atoms with E-state index in [2.05, 4.69) is 0 Å². The van der Waals surface area contributed by atoms with Gasteiger partial charge in [0, 0.05) is 22.3 Å². The maximum atomic E-state index is 12.0. The van der Waals surface area contributed by atoms with Gasteiger partial charge in [-0.2, -0.15) is 0 Å². The SMILES string of the molecule is COC(=O)C1=CC2C3(C(=O)OC)C=CC1(C)C23C. The van der Waals surface area contributed by atoms with E-state index in [1.165, 1.54) is 14.2 Å². The van der Waals surface area contributed by atoms with Crippen molar-refractivity contribution in [1.29, 1.82) is 0 Å². The van der Waals surface area contributed by atoms with Gasteiger partial charge in [0.1, 0.15) is 0 Å². The second kappa shape index (κ2) is 2.87. The van der Waals surface area contributed by atoms with Crippen LogP contribution in [-0.2, 0) is 19.1 Å². The van der Waals surface area contributed by atoms with Gasteiger partial charge in [-0.3, -0.25) is 4.79 Å². The smallest absolute Gasteiger partial charge is 0.334 e. The second-order valence-electron chi connectivity index (χ2n) is 5.65. The summed E-state index contributed by atoms with van der Waals surface area (Å²) < 4.78 is 9.75. The van der Waals surface area contributed by atoms with Gasteiger partial charge in [0.25, 0.3) is 0 Å². The van der Waals surface area contributed by atoms with E-state index in [9.17, 15) is 9.59 Å². The maximum Gasteiger partial charge on any atom is 0.334 e. The minimum atomic E-state index is -0.575. The highest BCUT2D eigenvalue weighted by Crippen LogP contribution is 2.86. The topological polar surface area (TPSA) is 52.6 Å². The lowest BCUT2D eigenvalue weighted by molar-refractivity contribution is -0.147. The number of carbonyl (C=O) groups excluding carboxylic acids is 2. The molecule has 0 aromatic heterocycles. The molecule has 18 heavy (non-hydrogen) atoms. The van der Waals surface area contributed by atoms with Crippen molar-refractivity contribution in [3.05, 3.63) is 23.8 Å². The molecule has 0 spiro atoms. The Balaban J connectivity index is 2.10. The molecule has 0 N–H and O–H groups in total. The van der Waals surface area contributed by atoms with Crippen LogP contribution in [0.15, 0.2) is 23.8 Å². The number of methoxy groups -OCH3 is 2. The zero-order valence-corrected chi connectivity index (χ0v) is 10.9. The highest BCUT2D eigenvalue weighted by Gasteiger charge is 2.87. The van der Waals surface area contributed by atoms with E-state index in [4.69, 9.17) is 9.47 Å². The van der Waals surface area contributed by atoms with Crippen LogP contribution in [-0.4, -0.2) is 26.2 Å². The van der Waals surface area contributed by atoms with Crippen LogP contribution in [0.25, 0.3) is 0 Å². The Morgan fingerprint density at radius 1 is 1.17 bits per heavy atom. The van der Waals surface area contributed by atoms with Crippen molar-refractivity contribution in [2.45, 2.75) is 13.8 Å². The summed E-state index contributed by atoms with van der Waals surface area (Å²) in [6.07, 6.45) is 5.76. The van der Waals surface area contributed by atoms with Crippen molar-refractivity contribution in [1.82, 2.24) is 0 Å². The van der Waals surface area contributed by atoms with Crippen LogP contribution in [0.2, 0.25) is 0 Å². The third-order valence-electron chi connectivity index (χ3n) is 5.47. The third-order valence-corrected chi connectivity index (χ3v) is 5.47. The highest BCUT2D eigenvalue weighted by molar-refractivity contribution is 5.98. The molecule has 0 aromatic carbocycles. The van der Waals surface area contributed by atoms with E-state index in [0.717, 1.165) is 0 Å². The summed E-state index contributed by atoms with van der Waals surface area (Å²) in [6.45, 7) is 4.03. The Labute approximate surface area is 106 Å². The van der Waals surface area contributed by atoms with Crippen LogP contribution < -0.4 is 0 Å². The molecular weight excluding hydrogens is 232 g/mol. The molecule has 4 nitrogen and oxygen atoms in total. The van der Waals surface area contributed by atoms with Gasteiger partial charge in [0.15, 0.2) is 0 Å². The van der Waals surface area contributed by atoms with E-state index in [0.29, 0.717) is 5.57 Å². The van der Waals surface area contributed by atoms with Crippen LogP contribution in [0.1, 0.15) is 13.8 Å². The summed E-state index contributed by atoms with van der Waals surface area (Å²) >= 11 is 0. The summed E-state index contributed by atoms with van der Waals surface area (Å²) in [4.78, 5) is 23.9. The molecular formula is C14H16O4. The van der Waals surface area contributed by atoms with Gasteiger partial charge in [-0.25, -0.2) is 4.79 Å². The number of allylic oxidation sites excluding steroid dienone is 2. The number of fused-ring (bicyclic) bond motifs is 1. The van der Waals surface area contributed by atoms with Crippen molar-refractivity contribution in [2.75, 3.05) is 14.2 Å². The summed E-state index contributed by atoms with van der Waals surface area (Å²) in [7, 11) is 2.79. The van der Waals surface area contributed by atoms with Crippen molar-refractivity contribution in [3.8, 4) is 0 Å². The number of rotatable bonds is 2. The lowest BCUT2D eigenvalue weighted by Crippen LogP contribution is -2.32. The van der Waals surface area contributed by atoms with Gasteiger partial charge >= 0.3 is 11.9 Å². The highest BCUT2D eigenvalue weighted by atomic mass is 16.5. The summed E-state index contributed by atoms with van der Waals surface area (Å²) in [6, 6.07) is 0. The minimum Gasteiger partial charge on any atom is -0.468 e. The first kappa shape index (κ1) is 11.5. The molecule has 0 amide bonds. The molecule has 1 saturated carbocycles. The molecule has 0 aliphatic heterocycles. The molecule has 0 aromatic rings. The van der Waals surface area contributed by atoms with Crippen LogP contribution in [0.5, 0.6) is 0 Å². The van der Waals surface area contributed by atoms with Crippen LogP contribution in [0.3, 0.4) is 0 Å². The lowest BCUT2D eigenvalue weighted by Gasteiger charge is -2.30. The fraction of sp³-hybridized carbons (Fsp3) is 0.571. The molecule has 0 radical (unpaired) electrons. The van der Waals surface area contributed by atoms with Crippen molar-refractivity contribution in [3.63, 3.8) is 0 Å². The van der Waals surface area contributed by atoms with E-state index < -0.39 is 10.8 Å². The summed E-state index contributed by atoms with van der Waals surface area (Å²) in [5, 5.41) is 0. The maximum absolute atomic E-state index is 12.0. The summed E-state index contributed by atoms with van der Waals surface area (Å²) in [5.41, 5.74) is -0.630. The van der Waals surface area contributed by atoms with E-state index in [-0.39, 0.29) is 23.3 Å². The Morgan fingerprint density at radius 2 is 1.83 bits per heavy atom. The van der Waals surface area contributed by atoms with Crippen molar-refractivity contribution in [2.24, 2.45) is 22.2 Å². The fourth-order valence-corrected chi connectivity index (χ4v) is 4.16. The third kappa shape index (κ3) is 0.788. The molecule has 0 saturated heterocycles. The van der Waals surface area contributed by atoms with E-state index >= 15 is 0 Å². The molecule has 4 atom stereocenters. The molecule has 0 bridgehead atoms. The molecule has 1 fully saturated rings. The Hall–Kier alpha value is -1.58. The average molecular weight is 248 g/mol. The Bertz CT molecular complexity index is 532. The van der Waals surface area contributed by atoms with Gasteiger partial charge in [0.05, 0.1) is 19.6 Å². The predicted molar refractivity (Wildman–Crippen MR) is 63.4 cm³/mol. The normalized spacial score (nSPS) is 46.4. The number of hydrogen-bond donors (Lipinski definition) is 0. The number of esters is 2. The largest absolute Gasteiger partial charge is 0.468 e. The minimum absolute atomic E-state index is 0.0431.